The number of nitrogens with zero attached hydrogens (tertiary/aromatic N) is 2. The van der Waals surface area contributed by atoms with E-state index in [1.165, 1.54) is 17.1 Å². The maximum atomic E-state index is 8.70. The number of halogens is 1. The average molecular weight is 246 g/mol. The largest absolute Gasteiger partial charge is 0.358 e. The Hall–Kier alpha value is -0.440. The monoisotopic (exact) mass is 245 g/mol. The van der Waals surface area contributed by atoms with E-state index in [0.717, 1.165) is 17.3 Å². The molecule has 2 rings (SSSR count). The lowest BCUT2D eigenvalue weighted by atomic mass is 10.3. The van der Waals surface area contributed by atoms with Crippen LogP contribution < -0.4 is 5.32 Å². The van der Waals surface area contributed by atoms with Gasteiger partial charge in [0, 0.05) is 11.8 Å². The summed E-state index contributed by atoms with van der Waals surface area (Å²) in [5.74, 6) is 2.31. The van der Waals surface area contributed by atoms with Crippen LogP contribution >= 0.6 is 34.7 Å². The molecule has 1 unspecified atom stereocenters. The van der Waals surface area contributed by atoms with E-state index < -0.39 is 0 Å². The lowest BCUT2D eigenvalue weighted by Gasteiger charge is -2.08. The van der Waals surface area contributed by atoms with Crippen molar-refractivity contribution in [3.05, 3.63) is 10.0 Å². The summed E-state index contributed by atoms with van der Waals surface area (Å²) in [6, 6.07) is 2.50. The molecule has 0 spiro atoms. The van der Waals surface area contributed by atoms with Crippen molar-refractivity contribution in [2.45, 2.75) is 12.5 Å². The van der Waals surface area contributed by atoms with Crippen molar-refractivity contribution in [2.24, 2.45) is 0 Å². The van der Waals surface area contributed by atoms with Crippen LogP contribution in [0, 0.1) is 11.3 Å². The summed E-state index contributed by atoms with van der Waals surface area (Å²) < 4.78 is 0. The Kier molecular flexibility index (Phi) is 3.16. The van der Waals surface area contributed by atoms with Crippen LogP contribution in [0.4, 0.5) is 5.13 Å². The molecule has 0 aromatic carbocycles. The van der Waals surface area contributed by atoms with Crippen molar-refractivity contribution in [3.63, 3.8) is 0 Å². The molecule has 0 aliphatic carbocycles. The smallest absolute Gasteiger partial charge is 0.185 e. The molecule has 1 aromatic heterocycles. The van der Waals surface area contributed by atoms with Crippen molar-refractivity contribution in [1.29, 1.82) is 5.26 Å². The molecule has 0 radical (unpaired) electrons. The minimum atomic E-state index is 0.311. The van der Waals surface area contributed by atoms with Crippen LogP contribution in [-0.2, 0) is 0 Å². The van der Waals surface area contributed by atoms with Gasteiger partial charge in [0.1, 0.15) is 10.9 Å². The molecule has 1 atom stereocenters. The van der Waals surface area contributed by atoms with Crippen LogP contribution in [0.5, 0.6) is 0 Å². The average Bonchev–Trinajstić information content (AvgIpc) is 2.76. The van der Waals surface area contributed by atoms with Gasteiger partial charge in [-0.25, -0.2) is 4.98 Å². The number of thiazole rings is 1. The summed E-state index contributed by atoms with van der Waals surface area (Å²) in [7, 11) is 0. The molecule has 1 aliphatic rings. The highest BCUT2D eigenvalue weighted by Crippen LogP contribution is 2.28. The van der Waals surface area contributed by atoms with Crippen molar-refractivity contribution in [2.75, 3.05) is 16.8 Å². The molecule has 0 amide bonds. The third-order valence-electron chi connectivity index (χ3n) is 1.94. The number of nitriles is 1. The molecular weight excluding hydrogens is 238 g/mol. The van der Waals surface area contributed by atoms with Gasteiger partial charge in [0.15, 0.2) is 10.3 Å². The second-order valence-corrected chi connectivity index (χ2v) is 5.46. The number of hydrogen-bond donors (Lipinski definition) is 1. The van der Waals surface area contributed by atoms with Crippen LogP contribution in [0.2, 0.25) is 5.15 Å². The summed E-state index contributed by atoms with van der Waals surface area (Å²) in [4.78, 5) is 4.57. The minimum Gasteiger partial charge on any atom is -0.358 e. The van der Waals surface area contributed by atoms with Gasteiger partial charge in [0.25, 0.3) is 0 Å². The second kappa shape index (κ2) is 4.39. The lowest BCUT2D eigenvalue weighted by Crippen LogP contribution is -2.17. The molecule has 74 valence electrons. The Morgan fingerprint density at radius 2 is 2.50 bits per heavy atom. The highest BCUT2D eigenvalue weighted by atomic mass is 35.5. The molecule has 1 aromatic rings. The summed E-state index contributed by atoms with van der Waals surface area (Å²) in [5.41, 5.74) is 0. The fourth-order valence-corrected chi connectivity index (χ4v) is 3.43. The van der Waals surface area contributed by atoms with Gasteiger partial charge in [0.05, 0.1) is 0 Å². The van der Waals surface area contributed by atoms with Crippen LogP contribution in [0.15, 0.2) is 0 Å². The summed E-state index contributed by atoms with van der Waals surface area (Å²) in [6.07, 6.45) is 1.16. The number of aromatic nitrogens is 1. The Morgan fingerprint density at radius 3 is 3.07 bits per heavy atom. The maximum absolute atomic E-state index is 8.70. The molecule has 3 nitrogen and oxygen atoms in total. The highest BCUT2D eigenvalue weighted by molar-refractivity contribution is 7.99. The maximum Gasteiger partial charge on any atom is 0.185 e. The van der Waals surface area contributed by atoms with Gasteiger partial charge in [0.2, 0.25) is 0 Å². The highest BCUT2D eigenvalue weighted by Gasteiger charge is 2.17. The zero-order chi connectivity index (χ0) is 9.97. The topological polar surface area (TPSA) is 48.7 Å². The third-order valence-corrected chi connectivity index (χ3v) is 4.38. The fraction of sp³-hybridized carbons (Fsp3) is 0.500. The Balaban J connectivity index is 2.06. The minimum absolute atomic E-state index is 0.311. The van der Waals surface area contributed by atoms with Crippen LogP contribution in [0.25, 0.3) is 0 Å². The SMILES string of the molecule is N#Cc1sc(NC2CCSC2)nc1Cl. The lowest BCUT2D eigenvalue weighted by molar-refractivity contribution is 0.811. The first kappa shape index (κ1) is 10.1. The van der Waals surface area contributed by atoms with Gasteiger partial charge in [-0.1, -0.05) is 22.9 Å². The third kappa shape index (κ3) is 2.14. The van der Waals surface area contributed by atoms with E-state index in [9.17, 15) is 0 Å². The molecule has 1 fully saturated rings. The first-order valence-corrected chi connectivity index (χ1v) is 6.55. The summed E-state index contributed by atoms with van der Waals surface area (Å²) in [6.45, 7) is 0. The predicted octanol–water partition coefficient (Wildman–Crippen LogP) is 2.59. The first-order valence-electron chi connectivity index (χ1n) is 4.20. The van der Waals surface area contributed by atoms with Gasteiger partial charge in [-0.2, -0.15) is 17.0 Å². The van der Waals surface area contributed by atoms with Gasteiger partial charge in [-0.05, 0) is 12.2 Å². The molecule has 1 saturated heterocycles. The van der Waals surface area contributed by atoms with Crippen LogP contribution in [-0.4, -0.2) is 22.5 Å². The molecule has 14 heavy (non-hydrogen) atoms. The number of nitrogens with one attached hydrogen (secondary N) is 1. The zero-order valence-electron chi connectivity index (χ0n) is 7.29. The van der Waals surface area contributed by atoms with E-state index in [1.54, 1.807) is 0 Å². The fourth-order valence-electron chi connectivity index (χ4n) is 1.26. The molecule has 0 bridgehead atoms. The summed E-state index contributed by atoms with van der Waals surface area (Å²) in [5, 5.41) is 13.1. The van der Waals surface area contributed by atoms with Crippen molar-refractivity contribution < 1.29 is 0 Å². The predicted molar refractivity (Wildman–Crippen MR) is 61.2 cm³/mol. The van der Waals surface area contributed by atoms with E-state index in [0.29, 0.717) is 16.1 Å². The van der Waals surface area contributed by atoms with Gasteiger partial charge in [-0.15, -0.1) is 0 Å². The van der Waals surface area contributed by atoms with Crippen LogP contribution in [0.3, 0.4) is 0 Å². The first-order chi connectivity index (χ1) is 6.79. The van der Waals surface area contributed by atoms with Crippen molar-refractivity contribution in [1.82, 2.24) is 4.98 Å². The van der Waals surface area contributed by atoms with Crippen molar-refractivity contribution >= 4 is 39.8 Å². The Bertz CT molecular complexity index is 365. The van der Waals surface area contributed by atoms with Gasteiger partial charge in [-0.3, -0.25) is 0 Å². The van der Waals surface area contributed by atoms with E-state index in [2.05, 4.69) is 10.3 Å². The van der Waals surface area contributed by atoms with E-state index in [4.69, 9.17) is 16.9 Å². The second-order valence-electron chi connectivity index (χ2n) is 2.96. The quantitative estimate of drug-likeness (QED) is 0.870. The standard InChI is InChI=1S/C8H8ClN3S2/c9-7-6(3-10)14-8(12-7)11-5-1-2-13-4-5/h5H,1-2,4H2,(H,11,12). The number of hydrogen-bond acceptors (Lipinski definition) is 5. The molecule has 1 aliphatic heterocycles. The van der Waals surface area contributed by atoms with Crippen molar-refractivity contribution in [3.8, 4) is 6.07 Å². The normalized spacial score (nSPS) is 20.7. The Morgan fingerprint density at radius 1 is 1.64 bits per heavy atom. The van der Waals surface area contributed by atoms with E-state index in [-0.39, 0.29) is 0 Å². The van der Waals surface area contributed by atoms with Crippen LogP contribution in [0.1, 0.15) is 11.3 Å². The summed E-state index contributed by atoms with van der Waals surface area (Å²) >= 11 is 9.02. The van der Waals surface area contributed by atoms with Gasteiger partial charge < -0.3 is 5.32 Å². The number of thioether (sulfide) groups is 1. The molecule has 0 saturated carbocycles. The zero-order valence-corrected chi connectivity index (χ0v) is 9.68. The number of rotatable bonds is 2. The molecule has 2 heterocycles. The van der Waals surface area contributed by atoms with E-state index >= 15 is 0 Å². The molecule has 1 N–H and O–H groups in total. The number of anilines is 1. The van der Waals surface area contributed by atoms with E-state index in [1.807, 2.05) is 17.8 Å². The van der Waals surface area contributed by atoms with Gasteiger partial charge >= 0.3 is 0 Å². The molecular formula is C8H8ClN3S2. The molecule has 6 heteroatoms. The Labute approximate surface area is 95.5 Å².